The van der Waals surface area contributed by atoms with Gasteiger partial charge in [-0.15, -0.1) is 0 Å². The molecule has 0 spiro atoms. The summed E-state index contributed by atoms with van der Waals surface area (Å²) in [6.45, 7) is -6.98. The maximum absolute atomic E-state index is 13.2. The minimum atomic E-state index is -2.72. The first-order chi connectivity index (χ1) is 54.4. The summed E-state index contributed by atoms with van der Waals surface area (Å²) in [6, 6.07) is -9.56. The van der Waals surface area contributed by atoms with Gasteiger partial charge in [-0.25, -0.2) is 0 Å². The van der Waals surface area contributed by atoms with E-state index >= 15 is 0 Å². The van der Waals surface area contributed by atoms with Gasteiger partial charge in [0.05, 0.1) is 72.1 Å². The van der Waals surface area contributed by atoms with E-state index in [-0.39, 0.29) is 0 Å². The van der Waals surface area contributed by atoms with Gasteiger partial charge in [0.1, 0.15) is 213 Å². The van der Waals surface area contributed by atoms with Crippen LogP contribution < -0.4 is 26.6 Å². The summed E-state index contributed by atoms with van der Waals surface area (Å²) in [5, 5.41) is 290. The van der Waals surface area contributed by atoms with Crippen molar-refractivity contribution in [3.63, 3.8) is 0 Å². The van der Waals surface area contributed by atoms with E-state index in [0.717, 1.165) is 34.6 Å². The van der Waals surface area contributed by atoms with E-state index in [2.05, 4.69) is 26.6 Å². The molecule has 51 heteroatoms. The van der Waals surface area contributed by atoms with Crippen molar-refractivity contribution in [2.45, 2.75) is 304 Å². The molecular formula is C64H109N5O46. The molecule has 0 radical (unpaired) electrons. The second-order valence-electron chi connectivity index (χ2n) is 28.7. The Bertz CT molecular complexity index is 3050. The van der Waals surface area contributed by atoms with Crippen LogP contribution in [-0.2, 0) is 99.8 Å². The molecule has 0 aromatic heterocycles. The van der Waals surface area contributed by atoms with Crippen molar-refractivity contribution in [2.75, 3.05) is 66.1 Å². The Morgan fingerprint density at radius 2 is 0.609 bits per heavy atom. The molecule has 8 fully saturated rings. The number of hydrogen-bond acceptors (Lipinski definition) is 46. The van der Waals surface area contributed by atoms with Gasteiger partial charge in [-0.05, 0) is 0 Å². The van der Waals surface area contributed by atoms with Gasteiger partial charge in [-0.2, -0.15) is 0 Å². The SMILES string of the molecule is CC(=O)N[C@H]1[C@H](O[C@@H]([C@H](O)[C@H](CO)NC(C)=O)[C@H](O)CO)O[C@H](CO)[C@@H](O[C@@H]2O[C@H](CO[C@H]3O[C@H](CO)[C@@H](O)[C@H](O)[C@@H]3O[C@@H]3O[C@H](CO)[C@@H](O[C@@H]4O[C@H](CO)[C@H](O)[C@H](O)[C@H]4O)[C@H](O)[C@H]3NC(C)=O)[C@@H](O[C@@H]3O[C@H](CO)[C@@H](O)[C@H](O)[C@H]3NC(C)=O)[C@H](O[C@H]3O[C@H](CO)[C@@H](O)[C@H](O)[C@@H]3O[C@@H]3O[C@H](CO)[C@@H](O)[C@H](O)[C@H]3NC(C)=O)[C@@H]2O)[C@@H]1O. The van der Waals surface area contributed by atoms with E-state index in [9.17, 15) is 152 Å². The molecule has 5 amide bonds. The largest absolute Gasteiger partial charge is 0.394 e. The van der Waals surface area contributed by atoms with E-state index in [1.54, 1.807) is 0 Å². The molecule has 8 rings (SSSR count). The van der Waals surface area contributed by atoms with Crippen LogP contribution in [0.5, 0.6) is 0 Å². The van der Waals surface area contributed by atoms with E-state index in [0.29, 0.717) is 0 Å². The molecule has 115 heavy (non-hydrogen) atoms. The van der Waals surface area contributed by atoms with Crippen LogP contribution in [0.1, 0.15) is 34.6 Å². The molecule has 666 valence electrons. The van der Waals surface area contributed by atoms with Crippen molar-refractivity contribution in [2.24, 2.45) is 0 Å². The molecule has 51 nitrogen and oxygen atoms in total. The van der Waals surface area contributed by atoms with Crippen molar-refractivity contribution >= 4 is 29.5 Å². The van der Waals surface area contributed by atoms with Crippen molar-refractivity contribution in [1.29, 1.82) is 0 Å². The number of nitrogens with one attached hydrogen (secondary N) is 5. The molecule has 8 aliphatic rings. The Morgan fingerprint density at radius 3 is 1.01 bits per heavy atom. The molecule has 0 aromatic carbocycles. The van der Waals surface area contributed by atoms with Crippen molar-refractivity contribution in [3.05, 3.63) is 0 Å². The first kappa shape index (κ1) is 96.2. The predicted octanol–water partition coefficient (Wildman–Crippen LogP) is -20.3. The number of ether oxygens (including phenoxy) is 16. The molecule has 0 bridgehead atoms. The molecule has 8 saturated heterocycles. The van der Waals surface area contributed by atoms with Crippen LogP contribution in [0.3, 0.4) is 0 Å². The van der Waals surface area contributed by atoms with Gasteiger partial charge in [0.25, 0.3) is 0 Å². The quantitative estimate of drug-likeness (QED) is 0.0284. The second-order valence-corrected chi connectivity index (χ2v) is 28.7. The number of amides is 5. The average molecular weight is 1680 g/mol. The number of aliphatic hydroxyl groups is 25. The van der Waals surface area contributed by atoms with Crippen molar-refractivity contribution in [1.82, 2.24) is 26.6 Å². The highest BCUT2D eigenvalue weighted by atomic mass is 16.8. The monoisotopic (exact) mass is 1680 g/mol. The van der Waals surface area contributed by atoms with Gasteiger partial charge in [0, 0.05) is 34.6 Å². The molecule has 0 aliphatic carbocycles. The maximum atomic E-state index is 13.2. The molecule has 44 atom stereocenters. The minimum absolute atomic E-state index is 0.831. The number of carbonyl (C=O) groups excluding carboxylic acids is 5. The van der Waals surface area contributed by atoms with Crippen LogP contribution in [-0.4, -0.2) is 493 Å². The van der Waals surface area contributed by atoms with Crippen molar-refractivity contribution < 1.29 is 227 Å². The lowest BCUT2D eigenvalue weighted by atomic mass is 9.93. The zero-order valence-corrected chi connectivity index (χ0v) is 62.2. The number of rotatable bonds is 34. The summed E-state index contributed by atoms with van der Waals surface area (Å²) in [4.78, 5) is 64.0. The lowest BCUT2D eigenvalue weighted by Gasteiger charge is -2.52. The van der Waals surface area contributed by atoms with Gasteiger partial charge in [0.15, 0.2) is 50.3 Å². The summed E-state index contributed by atoms with van der Waals surface area (Å²) >= 11 is 0. The molecule has 0 unspecified atom stereocenters. The van der Waals surface area contributed by atoms with Gasteiger partial charge in [-0.3, -0.25) is 24.0 Å². The van der Waals surface area contributed by atoms with E-state index in [1.165, 1.54) is 0 Å². The van der Waals surface area contributed by atoms with Crippen LogP contribution in [0.2, 0.25) is 0 Å². The highest BCUT2D eigenvalue weighted by Gasteiger charge is 2.61. The van der Waals surface area contributed by atoms with E-state index in [4.69, 9.17) is 75.8 Å². The minimum Gasteiger partial charge on any atom is -0.394 e. The molecule has 8 aliphatic heterocycles. The molecule has 8 heterocycles. The standard InChI is InChI=1S/C64H109N5O46/c1-16(79)65-21(6-70)35(85)50(22(84)7-71)109-59-33(68-19(4)82)43(93)52(29(14-78)106-59)111-62-49(99)54(113-64-56(47(97)40(90)27(12-76)105-64)115-58-32(67-18(3)81)42(92)37(87)24(9-73)102-58)53(112-57-31(66-17(2)80)41(91)36(86)23(8-72)101-57)30(108-62)15-100-63-55(46(96)39(89)26(11-75)104-63)114-60-34(69-20(5)83)44(94)51(28(13-77)107-60)110-61-48(98)45(95)38(88)25(10-74)103-61/h21-64,70-78,84-99H,6-15H2,1-5H3,(H,65,79)(H,66,80)(H,67,81)(H,68,82)(H,69,83)/t21-,22+,23+,24+,25+,26+,27+,28+,29+,30+,31+,32+,33+,34+,35+,36+,37+,38-,39+,40+,41+,42+,43+,44+,45-,46-,47-,48+,49-,50+,51+,52+,53+,54+,55-,56-,57-,58-,59-,60-,61-,62-,63-,64+/m0/s1. The summed E-state index contributed by atoms with van der Waals surface area (Å²) in [6.07, 6.45) is -85.1. The van der Waals surface area contributed by atoms with Crippen LogP contribution in [0, 0.1) is 0 Å². The van der Waals surface area contributed by atoms with Gasteiger partial charge in [-0.1, -0.05) is 0 Å². The average Bonchev–Trinajstić information content (AvgIpc) is 0.759. The lowest BCUT2D eigenvalue weighted by Crippen LogP contribution is -2.71. The highest BCUT2D eigenvalue weighted by Crippen LogP contribution is 2.40. The first-order valence-electron chi connectivity index (χ1n) is 36.5. The highest BCUT2D eigenvalue weighted by molar-refractivity contribution is 5.75. The van der Waals surface area contributed by atoms with Crippen LogP contribution in [0.25, 0.3) is 0 Å². The second kappa shape index (κ2) is 43.0. The van der Waals surface area contributed by atoms with Crippen LogP contribution in [0.15, 0.2) is 0 Å². The van der Waals surface area contributed by atoms with Crippen LogP contribution in [0.4, 0.5) is 0 Å². The fourth-order valence-electron chi connectivity index (χ4n) is 14.4. The zero-order chi connectivity index (χ0) is 85.2. The zero-order valence-electron chi connectivity index (χ0n) is 62.2. The fraction of sp³-hybridized carbons (Fsp3) is 0.922. The van der Waals surface area contributed by atoms with Gasteiger partial charge >= 0.3 is 0 Å². The predicted molar refractivity (Wildman–Crippen MR) is 357 cm³/mol. The molecule has 0 saturated carbocycles. The molecule has 30 N–H and O–H groups in total. The summed E-state index contributed by atoms with van der Waals surface area (Å²) in [7, 11) is 0. The maximum Gasteiger partial charge on any atom is 0.217 e. The topological polar surface area (TPSA) is 799 Å². The Labute approximate surface area is 652 Å². The molecular weight excluding hydrogens is 1570 g/mol. The molecule has 0 aromatic rings. The fourth-order valence-corrected chi connectivity index (χ4v) is 14.4. The third-order valence-corrected chi connectivity index (χ3v) is 20.4. The number of aliphatic hydroxyl groups excluding tert-OH is 25. The van der Waals surface area contributed by atoms with E-state index < -0.39 is 365 Å². The van der Waals surface area contributed by atoms with Gasteiger partial charge < -0.3 is 230 Å². The third kappa shape index (κ3) is 22.3. The smallest absolute Gasteiger partial charge is 0.217 e. The Hall–Kier alpha value is -4.29. The number of hydrogen-bond donors (Lipinski definition) is 30. The van der Waals surface area contributed by atoms with Crippen LogP contribution >= 0.6 is 0 Å². The third-order valence-electron chi connectivity index (χ3n) is 20.4. The first-order valence-corrected chi connectivity index (χ1v) is 36.5. The van der Waals surface area contributed by atoms with Gasteiger partial charge in [0.2, 0.25) is 29.5 Å². The number of carbonyl (C=O) groups is 5. The summed E-state index contributed by atoms with van der Waals surface area (Å²) in [5.74, 6) is -4.72. The Balaban J connectivity index is 1.27. The Kier molecular flexibility index (Phi) is 35.9. The normalized spacial score (nSPS) is 45.0. The summed E-state index contributed by atoms with van der Waals surface area (Å²) < 4.78 is 97.5. The van der Waals surface area contributed by atoms with E-state index in [1.807, 2.05) is 0 Å². The summed E-state index contributed by atoms with van der Waals surface area (Å²) in [5.41, 5.74) is 0. The van der Waals surface area contributed by atoms with Crippen molar-refractivity contribution in [3.8, 4) is 0 Å². The Morgan fingerprint density at radius 1 is 0.296 bits per heavy atom. The lowest BCUT2D eigenvalue weighted by molar-refractivity contribution is -0.407.